The van der Waals surface area contributed by atoms with E-state index in [1.54, 1.807) is 12.3 Å². The maximum Gasteiger partial charge on any atom is 0.387 e. The highest BCUT2D eigenvalue weighted by Crippen LogP contribution is 2.37. The molecule has 0 saturated carbocycles. The van der Waals surface area contributed by atoms with E-state index >= 15 is 0 Å². The number of hydrogen-bond donors (Lipinski definition) is 3. The molecule has 0 aliphatic heterocycles. The standard InChI is InChI=1S/C20H21ClF3N5OS2/c1-25-5-7-29(2)17-9-12(30-19(23)24)3-4-15(17)27-16-11-14(22)18(10-13(16)21)32-28-20-26-6-8-31-20/h3-4,6,8-11,19,25,27H,5,7H2,1-2H3,(H,26,28). The molecule has 3 aromatic rings. The number of rotatable bonds is 11. The largest absolute Gasteiger partial charge is 0.435 e. The molecule has 0 unspecified atom stereocenters. The predicted octanol–water partition coefficient (Wildman–Crippen LogP) is 6.06. The molecule has 0 radical (unpaired) electrons. The number of nitrogens with one attached hydrogen (secondary N) is 3. The van der Waals surface area contributed by atoms with E-state index in [-0.39, 0.29) is 5.75 Å². The first-order chi connectivity index (χ1) is 15.4. The number of alkyl halides is 2. The molecule has 3 N–H and O–H groups in total. The fraction of sp³-hybridized carbons (Fsp3) is 0.250. The van der Waals surface area contributed by atoms with Crippen molar-refractivity contribution in [2.45, 2.75) is 11.5 Å². The molecule has 0 atom stereocenters. The Morgan fingerprint density at radius 2 is 2.06 bits per heavy atom. The second kappa shape index (κ2) is 11.5. The molecule has 172 valence electrons. The molecule has 0 amide bonds. The number of thiazole rings is 1. The number of nitrogens with zero attached hydrogens (tertiary/aromatic N) is 2. The van der Waals surface area contributed by atoms with Crippen molar-refractivity contribution in [3.8, 4) is 5.75 Å². The third-order valence-electron chi connectivity index (χ3n) is 4.27. The molecule has 0 spiro atoms. The molecular formula is C20H21ClF3N5OS2. The average molecular weight is 504 g/mol. The molecule has 0 aliphatic rings. The van der Waals surface area contributed by atoms with Crippen LogP contribution in [0.5, 0.6) is 5.75 Å². The summed E-state index contributed by atoms with van der Waals surface area (Å²) in [4.78, 5) is 6.25. The Balaban J connectivity index is 1.83. The third-order valence-corrected chi connectivity index (χ3v) is 6.23. The van der Waals surface area contributed by atoms with E-state index in [4.69, 9.17) is 11.6 Å². The highest BCUT2D eigenvalue weighted by atomic mass is 35.5. The van der Waals surface area contributed by atoms with E-state index in [1.807, 2.05) is 24.4 Å². The van der Waals surface area contributed by atoms with Crippen molar-refractivity contribution in [2.24, 2.45) is 0 Å². The molecule has 0 aliphatic carbocycles. The zero-order chi connectivity index (χ0) is 23.1. The Bertz CT molecular complexity index is 1030. The summed E-state index contributed by atoms with van der Waals surface area (Å²) in [6.07, 6.45) is 1.65. The third kappa shape index (κ3) is 6.58. The van der Waals surface area contributed by atoms with Crippen LogP contribution in [0, 0.1) is 5.82 Å². The van der Waals surface area contributed by atoms with Crippen molar-refractivity contribution >= 4 is 57.1 Å². The summed E-state index contributed by atoms with van der Waals surface area (Å²) < 4.78 is 47.5. The molecule has 32 heavy (non-hydrogen) atoms. The molecule has 6 nitrogen and oxygen atoms in total. The first-order valence-corrected chi connectivity index (χ1v) is 11.5. The van der Waals surface area contributed by atoms with Gasteiger partial charge in [0, 0.05) is 43.8 Å². The van der Waals surface area contributed by atoms with E-state index in [9.17, 15) is 13.2 Å². The molecule has 0 bridgehead atoms. The van der Waals surface area contributed by atoms with Gasteiger partial charge < -0.3 is 25.0 Å². The van der Waals surface area contributed by atoms with Crippen molar-refractivity contribution < 1.29 is 17.9 Å². The lowest BCUT2D eigenvalue weighted by Gasteiger charge is -2.24. The Hall–Kier alpha value is -2.34. The molecule has 3 rings (SSSR count). The number of anilines is 4. The number of aromatic nitrogens is 1. The Morgan fingerprint density at radius 1 is 1.25 bits per heavy atom. The molecule has 0 saturated heterocycles. The van der Waals surface area contributed by atoms with Gasteiger partial charge in [0.15, 0.2) is 5.13 Å². The molecule has 12 heteroatoms. The monoisotopic (exact) mass is 503 g/mol. The van der Waals surface area contributed by atoms with Crippen LogP contribution in [0.1, 0.15) is 0 Å². The topological polar surface area (TPSA) is 61.5 Å². The van der Waals surface area contributed by atoms with Gasteiger partial charge in [-0.25, -0.2) is 9.37 Å². The molecular weight excluding hydrogens is 483 g/mol. The zero-order valence-corrected chi connectivity index (χ0v) is 19.6. The molecule has 1 aromatic heterocycles. The van der Waals surface area contributed by atoms with Crippen molar-refractivity contribution in [3.63, 3.8) is 0 Å². The van der Waals surface area contributed by atoms with Crippen molar-refractivity contribution in [1.29, 1.82) is 0 Å². The van der Waals surface area contributed by atoms with Gasteiger partial charge in [-0.2, -0.15) is 8.78 Å². The van der Waals surface area contributed by atoms with Gasteiger partial charge >= 0.3 is 6.61 Å². The predicted molar refractivity (Wildman–Crippen MR) is 127 cm³/mol. The van der Waals surface area contributed by atoms with E-state index in [2.05, 4.69) is 25.1 Å². The number of ether oxygens (including phenoxy) is 1. The Morgan fingerprint density at radius 3 is 2.75 bits per heavy atom. The summed E-state index contributed by atoms with van der Waals surface area (Å²) in [5.41, 5.74) is 1.50. The van der Waals surface area contributed by atoms with Gasteiger partial charge in [0.05, 0.1) is 27.0 Å². The van der Waals surface area contributed by atoms with E-state index in [0.717, 1.165) is 11.9 Å². The zero-order valence-electron chi connectivity index (χ0n) is 17.2. The minimum Gasteiger partial charge on any atom is -0.435 e. The van der Waals surface area contributed by atoms with Crippen LogP contribution in [-0.4, -0.2) is 38.8 Å². The van der Waals surface area contributed by atoms with Crippen LogP contribution in [0.2, 0.25) is 5.02 Å². The van der Waals surface area contributed by atoms with E-state index < -0.39 is 12.4 Å². The van der Waals surface area contributed by atoms with Gasteiger partial charge in [0.25, 0.3) is 0 Å². The first-order valence-electron chi connectivity index (χ1n) is 9.40. The highest BCUT2D eigenvalue weighted by Gasteiger charge is 2.15. The van der Waals surface area contributed by atoms with Crippen molar-refractivity contribution in [3.05, 3.63) is 52.7 Å². The Labute approximate surface area is 197 Å². The van der Waals surface area contributed by atoms with Gasteiger partial charge in [-0.1, -0.05) is 11.6 Å². The van der Waals surface area contributed by atoms with Crippen LogP contribution in [-0.2, 0) is 0 Å². The summed E-state index contributed by atoms with van der Waals surface area (Å²) in [5, 5.41) is 8.88. The quantitative estimate of drug-likeness (QED) is 0.275. The maximum atomic E-state index is 14.7. The first kappa shape index (κ1) is 24.3. The van der Waals surface area contributed by atoms with Gasteiger partial charge in [-0.3, -0.25) is 0 Å². The second-order valence-corrected chi connectivity index (χ2v) is 8.66. The second-order valence-electron chi connectivity index (χ2n) is 6.51. The smallest absolute Gasteiger partial charge is 0.387 e. The summed E-state index contributed by atoms with van der Waals surface area (Å²) in [7, 11) is 3.63. The lowest BCUT2D eigenvalue weighted by atomic mass is 10.2. The van der Waals surface area contributed by atoms with Crippen molar-refractivity contribution in [2.75, 3.05) is 42.1 Å². The van der Waals surface area contributed by atoms with Crippen molar-refractivity contribution in [1.82, 2.24) is 10.3 Å². The molecule has 1 heterocycles. The minimum atomic E-state index is -2.93. The summed E-state index contributed by atoms with van der Waals surface area (Å²) in [5.74, 6) is -0.456. The summed E-state index contributed by atoms with van der Waals surface area (Å²) in [6.45, 7) is -1.66. The number of halogens is 4. The van der Waals surface area contributed by atoms with Crippen LogP contribution in [0.15, 0.2) is 46.8 Å². The number of benzene rings is 2. The normalized spacial score (nSPS) is 11.0. The minimum absolute atomic E-state index is 0.0224. The Kier molecular flexibility index (Phi) is 8.74. The summed E-state index contributed by atoms with van der Waals surface area (Å²) in [6, 6.07) is 7.29. The van der Waals surface area contributed by atoms with Crippen LogP contribution in [0.25, 0.3) is 0 Å². The van der Waals surface area contributed by atoms with Gasteiger partial charge in [-0.05, 0) is 37.2 Å². The van der Waals surface area contributed by atoms with Crippen LogP contribution in [0.4, 0.5) is 35.4 Å². The lowest BCUT2D eigenvalue weighted by molar-refractivity contribution is -0.0498. The van der Waals surface area contributed by atoms with E-state index in [1.165, 1.54) is 35.6 Å². The van der Waals surface area contributed by atoms with Gasteiger partial charge in [0.2, 0.25) is 0 Å². The summed E-state index contributed by atoms with van der Waals surface area (Å²) >= 11 is 8.86. The highest BCUT2D eigenvalue weighted by molar-refractivity contribution is 8.00. The molecule has 0 fully saturated rings. The molecule has 2 aromatic carbocycles. The van der Waals surface area contributed by atoms with E-state index in [0.29, 0.717) is 45.2 Å². The lowest BCUT2D eigenvalue weighted by Crippen LogP contribution is -2.27. The SMILES string of the molecule is CNCCN(C)c1cc(OC(F)F)ccc1Nc1cc(F)c(SNc2nccs2)cc1Cl. The average Bonchev–Trinajstić information content (AvgIpc) is 3.27. The van der Waals surface area contributed by atoms with Gasteiger partial charge in [-0.15, -0.1) is 11.3 Å². The van der Waals surface area contributed by atoms with Crippen LogP contribution in [0.3, 0.4) is 0 Å². The number of likely N-dealkylation sites (N-methyl/N-ethyl adjacent to an activating group) is 2. The van der Waals surface area contributed by atoms with Crippen LogP contribution >= 0.6 is 34.9 Å². The fourth-order valence-electron chi connectivity index (χ4n) is 2.73. The van der Waals surface area contributed by atoms with Gasteiger partial charge in [0.1, 0.15) is 11.6 Å². The maximum absolute atomic E-state index is 14.7. The fourth-order valence-corrected chi connectivity index (χ4v) is 4.28. The number of hydrogen-bond acceptors (Lipinski definition) is 8. The van der Waals surface area contributed by atoms with Crippen LogP contribution < -0.4 is 25.0 Å².